The summed E-state index contributed by atoms with van der Waals surface area (Å²) in [4.78, 5) is 23.6. The van der Waals surface area contributed by atoms with Crippen molar-refractivity contribution < 1.29 is 4.79 Å². The predicted octanol–water partition coefficient (Wildman–Crippen LogP) is 3.66. The van der Waals surface area contributed by atoms with Crippen LogP contribution in [0.5, 0.6) is 0 Å². The van der Waals surface area contributed by atoms with Crippen molar-refractivity contribution in [1.82, 2.24) is 19.7 Å². The van der Waals surface area contributed by atoms with Crippen LogP contribution in [0.2, 0.25) is 5.02 Å². The highest BCUT2D eigenvalue weighted by molar-refractivity contribution is 6.31. The van der Waals surface area contributed by atoms with Crippen LogP contribution >= 0.6 is 11.6 Å². The summed E-state index contributed by atoms with van der Waals surface area (Å²) in [5, 5.41) is 8.74. The highest BCUT2D eigenvalue weighted by Crippen LogP contribution is 2.27. The summed E-state index contributed by atoms with van der Waals surface area (Å²) in [5.74, 6) is 1.46. The second-order valence-corrected chi connectivity index (χ2v) is 7.83. The van der Waals surface area contributed by atoms with Crippen molar-refractivity contribution in [2.75, 3.05) is 23.3 Å². The Balaban J connectivity index is 1.52. The number of aryl methyl sites for hydroxylation is 1. The Morgan fingerprint density at radius 3 is 2.82 bits per heavy atom. The fraction of sp³-hybridized carbons (Fsp3) is 0.400. The van der Waals surface area contributed by atoms with Gasteiger partial charge >= 0.3 is 0 Å². The SMILES string of the molecule is Cc1ccc(NC(=O)Cn2ncc3c(N4CCC(C)CC4)ncnc32)cc1Cl. The standard InChI is InChI=1S/C20H23ClN6O/c1-13-5-7-26(8-6-13)19-16-10-24-27(20(16)23-12-22-19)11-18(28)25-15-4-3-14(2)17(21)9-15/h3-4,9-10,12-13H,5-8,11H2,1-2H3,(H,25,28). The van der Waals surface area contributed by atoms with Gasteiger partial charge in [-0.05, 0) is 43.4 Å². The maximum Gasteiger partial charge on any atom is 0.246 e. The number of hydrogen-bond donors (Lipinski definition) is 1. The van der Waals surface area contributed by atoms with E-state index < -0.39 is 0 Å². The fourth-order valence-corrected chi connectivity index (χ4v) is 3.66. The van der Waals surface area contributed by atoms with Gasteiger partial charge in [-0.2, -0.15) is 5.10 Å². The van der Waals surface area contributed by atoms with Gasteiger partial charge in [-0.1, -0.05) is 24.6 Å². The third-order valence-electron chi connectivity index (χ3n) is 5.24. The van der Waals surface area contributed by atoms with E-state index in [1.807, 2.05) is 19.1 Å². The number of hydrogen-bond acceptors (Lipinski definition) is 5. The molecule has 0 aliphatic carbocycles. The summed E-state index contributed by atoms with van der Waals surface area (Å²) >= 11 is 6.13. The van der Waals surface area contributed by atoms with Crippen molar-refractivity contribution in [3.05, 3.63) is 41.3 Å². The third-order valence-corrected chi connectivity index (χ3v) is 5.65. The lowest BCUT2D eigenvalue weighted by molar-refractivity contribution is -0.116. The van der Waals surface area contributed by atoms with Crippen LogP contribution in [0.4, 0.5) is 11.5 Å². The quantitative estimate of drug-likeness (QED) is 0.725. The monoisotopic (exact) mass is 398 g/mol. The maximum atomic E-state index is 12.5. The number of amides is 1. The number of nitrogens with zero attached hydrogens (tertiary/aromatic N) is 5. The molecule has 3 heterocycles. The lowest BCUT2D eigenvalue weighted by Crippen LogP contribution is -2.33. The number of benzene rings is 1. The summed E-state index contributed by atoms with van der Waals surface area (Å²) < 4.78 is 1.61. The normalized spacial score (nSPS) is 15.2. The summed E-state index contributed by atoms with van der Waals surface area (Å²) in [6.07, 6.45) is 5.60. The summed E-state index contributed by atoms with van der Waals surface area (Å²) in [6.45, 7) is 6.23. The Hall–Kier alpha value is -2.67. The van der Waals surface area contributed by atoms with E-state index in [9.17, 15) is 4.79 Å². The van der Waals surface area contributed by atoms with E-state index in [0.717, 1.165) is 48.6 Å². The molecule has 146 valence electrons. The molecule has 0 bridgehead atoms. The molecule has 4 rings (SSSR count). The minimum Gasteiger partial charge on any atom is -0.356 e. The molecule has 1 saturated heterocycles. The molecule has 0 spiro atoms. The molecule has 0 atom stereocenters. The van der Waals surface area contributed by atoms with Gasteiger partial charge in [-0.25, -0.2) is 14.6 Å². The maximum absolute atomic E-state index is 12.5. The largest absolute Gasteiger partial charge is 0.356 e. The molecule has 0 saturated carbocycles. The Labute approximate surface area is 168 Å². The van der Waals surface area contributed by atoms with E-state index in [2.05, 4.69) is 32.2 Å². The number of fused-ring (bicyclic) bond motifs is 1. The molecule has 0 unspecified atom stereocenters. The molecule has 1 amide bonds. The average Bonchev–Trinajstić information content (AvgIpc) is 3.08. The van der Waals surface area contributed by atoms with Crippen LogP contribution in [0, 0.1) is 12.8 Å². The first kappa shape index (κ1) is 18.7. The van der Waals surface area contributed by atoms with Crippen LogP contribution in [-0.2, 0) is 11.3 Å². The molecule has 1 N–H and O–H groups in total. The van der Waals surface area contributed by atoms with Gasteiger partial charge in [0, 0.05) is 23.8 Å². The Morgan fingerprint density at radius 1 is 1.29 bits per heavy atom. The van der Waals surface area contributed by atoms with Gasteiger partial charge in [0.2, 0.25) is 5.91 Å². The van der Waals surface area contributed by atoms with Crippen LogP contribution in [0.25, 0.3) is 11.0 Å². The van der Waals surface area contributed by atoms with Crippen LogP contribution < -0.4 is 10.2 Å². The van der Waals surface area contributed by atoms with Gasteiger partial charge in [0.1, 0.15) is 18.7 Å². The van der Waals surface area contributed by atoms with Crippen LogP contribution in [0.15, 0.2) is 30.7 Å². The summed E-state index contributed by atoms with van der Waals surface area (Å²) in [5.41, 5.74) is 2.30. The number of carbonyl (C=O) groups is 1. The zero-order valence-electron chi connectivity index (χ0n) is 16.0. The number of rotatable bonds is 4. The van der Waals surface area contributed by atoms with Crippen LogP contribution in [-0.4, -0.2) is 38.7 Å². The molecule has 7 nitrogen and oxygen atoms in total. The molecule has 0 radical (unpaired) electrons. The second-order valence-electron chi connectivity index (χ2n) is 7.42. The number of nitrogens with one attached hydrogen (secondary N) is 1. The van der Waals surface area contributed by atoms with E-state index in [4.69, 9.17) is 11.6 Å². The Kier molecular flexibility index (Phi) is 5.17. The summed E-state index contributed by atoms with van der Waals surface area (Å²) in [7, 11) is 0. The first-order valence-electron chi connectivity index (χ1n) is 9.48. The predicted molar refractivity (Wildman–Crippen MR) is 111 cm³/mol. The van der Waals surface area contributed by atoms with Gasteiger partial charge in [-0.3, -0.25) is 4.79 Å². The molecular formula is C20H23ClN6O. The van der Waals surface area contributed by atoms with E-state index in [1.54, 1.807) is 23.3 Å². The minimum absolute atomic E-state index is 0.0719. The molecular weight excluding hydrogens is 376 g/mol. The highest BCUT2D eigenvalue weighted by Gasteiger charge is 2.21. The summed E-state index contributed by atoms with van der Waals surface area (Å²) in [6, 6.07) is 5.45. The van der Waals surface area contributed by atoms with E-state index in [-0.39, 0.29) is 12.5 Å². The Bertz CT molecular complexity index is 1010. The Morgan fingerprint density at radius 2 is 2.07 bits per heavy atom. The van der Waals surface area contributed by atoms with Crippen molar-refractivity contribution >= 4 is 40.0 Å². The van der Waals surface area contributed by atoms with E-state index in [0.29, 0.717) is 16.4 Å². The molecule has 1 aromatic carbocycles. The first-order chi connectivity index (χ1) is 13.5. The number of halogens is 1. The number of piperidine rings is 1. The lowest BCUT2D eigenvalue weighted by atomic mass is 9.99. The van der Waals surface area contributed by atoms with E-state index in [1.165, 1.54) is 0 Å². The third kappa shape index (κ3) is 3.80. The van der Waals surface area contributed by atoms with Crippen molar-refractivity contribution in [1.29, 1.82) is 0 Å². The smallest absolute Gasteiger partial charge is 0.246 e. The van der Waals surface area contributed by atoms with Gasteiger partial charge in [-0.15, -0.1) is 0 Å². The first-order valence-corrected chi connectivity index (χ1v) is 9.86. The number of aromatic nitrogens is 4. The molecule has 1 fully saturated rings. The van der Waals surface area contributed by atoms with Crippen molar-refractivity contribution in [2.24, 2.45) is 5.92 Å². The van der Waals surface area contributed by atoms with Gasteiger partial charge in [0.15, 0.2) is 5.65 Å². The second kappa shape index (κ2) is 7.75. The molecule has 1 aliphatic heterocycles. The molecule has 28 heavy (non-hydrogen) atoms. The van der Waals surface area contributed by atoms with Gasteiger partial charge in [0.25, 0.3) is 0 Å². The fourth-order valence-electron chi connectivity index (χ4n) is 3.48. The minimum atomic E-state index is -0.183. The van der Waals surface area contributed by atoms with E-state index >= 15 is 0 Å². The molecule has 3 aromatic rings. The topological polar surface area (TPSA) is 75.9 Å². The molecule has 1 aliphatic rings. The number of anilines is 2. The zero-order chi connectivity index (χ0) is 19.7. The highest BCUT2D eigenvalue weighted by atomic mass is 35.5. The van der Waals surface area contributed by atoms with Gasteiger partial charge < -0.3 is 10.2 Å². The zero-order valence-corrected chi connectivity index (χ0v) is 16.8. The lowest BCUT2D eigenvalue weighted by Gasteiger charge is -2.31. The average molecular weight is 399 g/mol. The van der Waals surface area contributed by atoms with Crippen molar-refractivity contribution in [3.8, 4) is 0 Å². The van der Waals surface area contributed by atoms with Crippen LogP contribution in [0.3, 0.4) is 0 Å². The van der Waals surface area contributed by atoms with Gasteiger partial charge in [0.05, 0.1) is 11.6 Å². The molecule has 2 aromatic heterocycles. The number of carbonyl (C=O) groups excluding carboxylic acids is 1. The molecule has 8 heteroatoms. The van der Waals surface area contributed by atoms with Crippen molar-refractivity contribution in [3.63, 3.8) is 0 Å². The van der Waals surface area contributed by atoms with Crippen molar-refractivity contribution in [2.45, 2.75) is 33.2 Å². The van der Waals surface area contributed by atoms with Crippen LogP contribution in [0.1, 0.15) is 25.3 Å².